The molecular weight excluding hydrogens is 373 g/mol. The zero-order valence-corrected chi connectivity index (χ0v) is 16.0. The maximum Gasteiger partial charge on any atom is 0.416 e. The van der Waals surface area contributed by atoms with Gasteiger partial charge in [0.2, 0.25) is 0 Å². The Balaban J connectivity index is 1.85. The van der Waals surface area contributed by atoms with Crippen LogP contribution >= 0.6 is 11.8 Å². The lowest BCUT2D eigenvalue weighted by Crippen LogP contribution is -2.43. The Labute approximate surface area is 160 Å². The number of hydrogen-bond donors (Lipinski definition) is 1. The van der Waals surface area contributed by atoms with Gasteiger partial charge < -0.3 is 10.2 Å². The van der Waals surface area contributed by atoms with Gasteiger partial charge in [-0.05, 0) is 48.7 Å². The van der Waals surface area contributed by atoms with E-state index in [1.54, 1.807) is 22.7 Å². The number of nitrogens with zero attached hydrogens (tertiary/aromatic N) is 1. The molecule has 1 fully saturated rings. The van der Waals surface area contributed by atoms with Gasteiger partial charge in [0.1, 0.15) is 0 Å². The summed E-state index contributed by atoms with van der Waals surface area (Å²) < 4.78 is 39.2. The van der Waals surface area contributed by atoms with E-state index >= 15 is 0 Å². The molecule has 27 heavy (non-hydrogen) atoms. The smallest absolute Gasteiger partial charge is 0.316 e. The summed E-state index contributed by atoms with van der Waals surface area (Å²) in [5, 5.41) is 2.92. The Morgan fingerprint density at radius 3 is 2.70 bits per heavy atom. The average molecular weight is 394 g/mol. The molecule has 3 rings (SSSR count). The fourth-order valence-electron chi connectivity index (χ4n) is 3.10. The second kappa shape index (κ2) is 7.84. The summed E-state index contributed by atoms with van der Waals surface area (Å²) >= 11 is 1.64. The van der Waals surface area contributed by atoms with E-state index < -0.39 is 17.8 Å². The van der Waals surface area contributed by atoms with Crippen molar-refractivity contribution in [1.29, 1.82) is 0 Å². The molecule has 144 valence electrons. The van der Waals surface area contributed by atoms with Gasteiger partial charge in [-0.25, -0.2) is 4.79 Å². The molecule has 0 unspecified atom stereocenters. The molecule has 0 radical (unpaired) electrons. The minimum Gasteiger partial charge on any atom is -0.316 e. The first kappa shape index (κ1) is 19.6. The van der Waals surface area contributed by atoms with Crippen LogP contribution in [0.2, 0.25) is 0 Å². The van der Waals surface area contributed by atoms with Gasteiger partial charge in [-0.15, -0.1) is 0 Å². The zero-order chi connectivity index (χ0) is 19.6. The number of nitrogens with one attached hydrogen (secondary N) is 1. The van der Waals surface area contributed by atoms with E-state index in [1.807, 2.05) is 32.0 Å². The summed E-state index contributed by atoms with van der Waals surface area (Å²) in [5.41, 5.74) is 2.51. The summed E-state index contributed by atoms with van der Waals surface area (Å²) in [6.07, 6.45) is -4.40. The van der Waals surface area contributed by atoms with E-state index in [4.69, 9.17) is 0 Å². The minimum absolute atomic E-state index is 0.286. The lowest BCUT2D eigenvalue weighted by atomic mass is 10.0. The highest BCUT2D eigenvalue weighted by molar-refractivity contribution is 7.99. The standard InChI is InChI=1S/C20H21F3N2OS/c1-13-6-7-14(2)17(10-13)24-19(26)25-8-9-27-12-18(25)15-4-3-5-16(11-15)20(21,22)23/h3-7,10-11,18H,8-9,12H2,1-2H3,(H,24,26)/t18-/m1/s1. The van der Waals surface area contributed by atoms with Crippen molar-refractivity contribution in [2.45, 2.75) is 26.1 Å². The van der Waals surface area contributed by atoms with Crippen LogP contribution in [0.25, 0.3) is 0 Å². The molecule has 1 aliphatic rings. The lowest BCUT2D eigenvalue weighted by Gasteiger charge is -2.36. The van der Waals surface area contributed by atoms with E-state index in [-0.39, 0.29) is 6.03 Å². The number of hydrogen-bond acceptors (Lipinski definition) is 2. The summed E-state index contributed by atoms with van der Waals surface area (Å²) in [5.74, 6) is 1.33. The Morgan fingerprint density at radius 2 is 1.96 bits per heavy atom. The molecule has 0 spiro atoms. The van der Waals surface area contributed by atoms with Crippen LogP contribution in [0.15, 0.2) is 42.5 Å². The number of thioether (sulfide) groups is 1. The molecule has 7 heteroatoms. The Kier molecular flexibility index (Phi) is 5.69. The second-order valence-electron chi connectivity index (χ2n) is 6.66. The monoisotopic (exact) mass is 394 g/mol. The van der Waals surface area contributed by atoms with Gasteiger partial charge in [-0.3, -0.25) is 0 Å². The first-order chi connectivity index (χ1) is 12.8. The van der Waals surface area contributed by atoms with Crippen molar-refractivity contribution in [2.24, 2.45) is 0 Å². The van der Waals surface area contributed by atoms with E-state index in [2.05, 4.69) is 5.32 Å². The third-order valence-electron chi connectivity index (χ3n) is 4.62. The van der Waals surface area contributed by atoms with Gasteiger partial charge >= 0.3 is 12.2 Å². The van der Waals surface area contributed by atoms with Crippen molar-refractivity contribution in [3.8, 4) is 0 Å². The molecule has 0 bridgehead atoms. The summed E-state index contributed by atoms with van der Waals surface area (Å²) in [4.78, 5) is 14.5. The predicted molar refractivity (Wildman–Crippen MR) is 103 cm³/mol. The van der Waals surface area contributed by atoms with Crippen molar-refractivity contribution in [3.05, 3.63) is 64.7 Å². The summed E-state index contributed by atoms with van der Waals surface area (Å²) in [6, 6.07) is 10.4. The Bertz CT molecular complexity index is 838. The van der Waals surface area contributed by atoms with Crippen molar-refractivity contribution in [2.75, 3.05) is 23.4 Å². The van der Waals surface area contributed by atoms with Crippen LogP contribution in [0.5, 0.6) is 0 Å². The average Bonchev–Trinajstić information content (AvgIpc) is 2.64. The molecule has 0 aromatic heterocycles. The molecule has 1 atom stereocenters. The number of alkyl halides is 3. The van der Waals surface area contributed by atoms with Crippen LogP contribution in [0, 0.1) is 13.8 Å². The first-order valence-corrected chi connectivity index (χ1v) is 9.81. The van der Waals surface area contributed by atoms with Gasteiger partial charge in [0, 0.05) is 23.7 Å². The number of anilines is 1. The van der Waals surface area contributed by atoms with E-state index in [0.29, 0.717) is 17.9 Å². The molecule has 2 amide bonds. The van der Waals surface area contributed by atoms with Gasteiger partial charge in [-0.1, -0.05) is 24.3 Å². The maximum absolute atomic E-state index is 13.1. The predicted octanol–water partition coefficient (Wildman–Crippen LogP) is 5.64. The minimum atomic E-state index is -4.40. The van der Waals surface area contributed by atoms with E-state index in [9.17, 15) is 18.0 Å². The number of amides is 2. The highest BCUT2D eigenvalue weighted by Gasteiger charge is 2.33. The van der Waals surface area contributed by atoms with Crippen LogP contribution in [0.4, 0.5) is 23.7 Å². The highest BCUT2D eigenvalue weighted by atomic mass is 32.2. The molecule has 1 saturated heterocycles. The van der Waals surface area contributed by atoms with Crippen molar-refractivity contribution in [1.82, 2.24) is 4.90 Å². The number of benzene rings is 2. The number of rotatable bonds is 2. The van der Waals surface area contributed by atoms with Crippen LogP contribution in [-0.2, 0) is 6.18 Å². The number of carbonyl (C=O) groups excluding carboxylic acids is 1. The number of urea groups is 1. The Morgan fingerprint density at radius 1 is 1.19 bits per heavy atom. The molecule has 0 saturated carbocycles. The quantitative estimate of drug-likeness (QED) is 0.714. The van der Waals surface area contributed by atoms with Crippen molar-refractivity contribution in [3.63, 3.8) is 0 Å². The molecule has 2 aromatic rings. The largest absolute Gasteiger partial charge is 0.416 e. The van der Waals surface area contributed by atoms with Gasteiger partial charge in [0.25, 0.3) is 0 Å². The normalized spacial score (nSPS) is 17.7. The van der Waals surface area contributed by atoms with Crippen LogP contribution in [0.3, 0.4) is 0 Å². The van der Waals surface area contributed by atoms with Crippen LogP contribution in [0.1, 0.15) is 28.3 Å². The maximum atomic E-state index is 13.1. The molecule has 1 heterocycles. The van der Waals surface area contributed by atoms with Crippen LogP contribution in [-0.4, -0.2) is 29.0 Å². The third-order valence-corrected chi connectivity index (χ3v) is 5.65. The fraction of sp³-hybridized carbons (Fsp3) is 0.350. The van der Waals surface area contributed by atoms with Crippen molar-refractivity contribution >= 4 is 23.5 Å². The SMILES string of the molecule is Cc1ccc(C)c(NC(=O)N2CCSC[C@@H]2c2cccc(C(F)(F)F)c2)c1. The van der Waals surface area contributed by atoms with Crippen LogP contribution < -0.4 is 5.32 Å². The third kappa shape index (κ3) is 4.58. The first-order valence-electron chi connectivity index (χ1n) is 8.65. The van der Waals surface area contributed by atoms with E-state index in [0.717, 1.165) is 34.7 Å². The number of aryl methyl sites for hydroxylation is 2. The fourth-order valence-corrected chi connectivity index (χ4v) is 4.19. The van der Waals surface area contributed by atoms with Gasteiger partial charge in [0.15, 0.2) is 0 Å². The Hall–Kier alpha value is -2.15. The van der Waals surface area contributed by atoms with E-state index in [1.165, 1.54) is 6.07 Å². The number of halogens is 3. The molecule has 2 aromatic carbocycles. The summed E-state index contributed by atoms with van der Waals surface area (Å²) in [7, 11) is 0. The molecule has 1 N–H and O–H groups in total. The highest BCUT2D eigenvalue weighted by Crippen LogP contribution is 2.35. The molecule has 0 aliphatic carbocycles. The molecule has 3 nitrogen and oxygen atoms in total. The molecule has 1 aliphatic heterocycles. The second-order valence-corrected chi connectivity index (χ2v) is 7.81. The zero-order valence-electron chi connectivity index (χ0n) is 15.1. The molecular formula is C20H21F3N2OS. The summed E-state index contributed by atoms with van der Waals surface area (Å²) in [6.45, 7) is 4.34. The van der Waals surface area contributed by atoms with Gasteiger partial charge in [-0.2, -0.15) is 24.9 Å². The van der Waals surface area contributed by atoms with Crippen molar-refractivity contribution < 1.29 is 18.0 Å². The number of carbonyl (C=O) groups is 1. The van der Waals surface area contributed by atoms with Gasteiger partial charge in [0.05, 0.1) is 11.6 Å². The topological polar surface area (TPSA) is 32.3 Å². The lowest BCUT2D eigenvalue weighted by molar-refractivity contribution is -0.137.